The van der Waals surface area contributed by atoms with Gasteiger partial charge in [0.1, 0.15) is 5.75 Å². The number of ether oxygens (including phenoxy) is 1. The average molecular weight is 410 g/mol. The van der Waals surface area contributed by atoms with Crippen LogP contribution in [0.15, 0.2) is 85.2 Å². The summed E-state index contributed by atoms with van der Waals surface area (Å²) in [6, 6.07) is 22.6. The zero-order chi connectivity index (χ0) is 21.6. The van der Waals surface area contributed by atoms with Crippen LogP contribution in [0.25, 0.3) is 11.1 Å². The number of methoxy groups -OCH3 is 1. The number of carbonyl (C=O) groups is 1. The first-order valence-electron chi connectivity index (χ1n) is 9.82. The van der Waals surface area contributed by atoms with Crippen molar-refractivity contribution in [3.05, 3.63) is 96.3 Å². The van der Waals surface area contributed by atoms with Crippen molar-refractivity contribution in [2.24, 2.45) is 0 Å². The maximum absolute atomic E-state index is 12.6. The van der Waals surface area contributed by atoms with Gasteiger partial charge in [-0.1, -0.05) is 35.9 Å². The Morgan fingerprint density at radius 1 is 0.839 bits per heavy atom. The van der Waals surface area contributed by atoms with Crippen molar-refractivity contribution in [2.75, 3.05) is 17.7 Å². The zero-order valence-electron chi connectivity index (χ0n) is 17.3. The Kier molecular flexibility index (Phi) is 5.89. The summed E-state index contributed by atoms with van der Waals surface area (Å²) >= 11 is 0. The first-order chi connectivity index (χ1) is 15.1. The van der Waals surface area contributed by atoms with Crippen LogP contribution in [-0.4, -0.2) is 23.0 Å². The van der Waals surface area contributed by atoms with Gasteiger partial charge in [0, 0.05) is 34.9 Å². The molecule has 0 aliphatic heterocycles. The van der Waals surface area contributed by atoms with Crippen molar-refractivity contribution in [3.8, 4) is 16.9 Å². The molecule has 0 radical (unpaired) electrons. The number of anilines is 3. The van der Waals surface area contributed by atoms with E-state index < -0.39 is 0 Å². The molecular weight excluding hydrogens is 388 g/mol. The molecule has 1 heterocycles. The summed E-state index contributed by atoms with van der Waals surface area (Å²) in [6.07, 6.45) is 3.56. The monoisotopic (exact) mass is 410 g/mol. The van der Waals surface area contributed by atoms with Crippen molar-refractivity contribution < 1.29 is 9.53 Å². The van der Waals surface area contributed by atoms with Crippen molar-refractivity contribution in [1.29, 1.82) is 0 Å². The Bertz CT molecular complexity index is 1190. The SMILES string of the molecule is COc1ccc(NC(=O)c2cccc(Nc3ncc(-c4cccc(C)c4)cn3)c2)cc1. The van der Waals surface area contributed by atoms with E-state index in [4.69, 9.17) is 4.74 Å². The molecule has 4 rings (SSSR count). The third kappa shape index (κ3) is 5.05. The minimum Gasteiger partial charge on any atom is -0.497 e. The van der Waals surface area contributed by atoms with E-state index in [1.165, 1.54) is 5.56 Å². The Balaban J connectivity index is 1.44. The molecule has 0 unspecified atom stereocenters. The van der Waals surface area contributed by atoms with E-state index in [2.05, 4.69) is 39.7 Å². The van der Waals surface area contributed by atoms with Gasteiger partial charge < -0.3 is 15.4 Å². The fourth-order valence-corrected chi connectivity index (χ4v) is 3.11. The predicted octanol–water partition coefficient (Wildman–Crippen LogP) is 5.46. The van der Waals surface area contributed by atoms with Gasteiger partial charge in [0.05, 0.1) is 7.11 Å². The van der Waals surface area contributed by atoms with E-state index in [1.807, 2.05) is 24.3 Å². The number of nitrogens with one attached hydrogen (secondary N) is 2. The molecule has 2 N–H and O–H groups in total. The molecule has 0 saturated heterocycles. The highest BCUT2D eigenvalue weighted by atomic mass is 16.5. The van der Waals surface area contributed by atoms with Crippen LogP contribution in [-0.2, 0) is 0 Å². The number of nitrogens with zero attached hydrogens (tertiary/aromatic N) is 2. The molecule has 31 heavy (non-hydrogen) atoms. The van der Waals surface area contributed by atoms with Gasteiger partial charge in [-0.3, -0.25) is 4.79 Å². The lowest BCUT2D eigenvalue weighted by atomic mass is 10.1. The lowest BCUT2D eigenvalue weighted by Gasteiger charge is -2.09. The minimum atomic E-state index is -0.204. The Hall–Kier alpha value is -4.19. The minimum absolute atomic E-state index is 0.204. The normalized spacial score (nSPS) is 10.4. The molecule has 154 valence electrons. The molecule has 1 amide bonds. The first-order valence-corrected chi connectivity index (χ1v) is 9.82. The Morgan fingerprint density at radius 2 is 1.58 bits per heavy atom. The number of hydrogen-bond donors (Lipinski definition) is 2. The van der Waals surface area contributed by atoms with Crippen molar-refractivity contribution in [2.45, 2.75) is 6.92 Å². The van der Waals surface area contributed by atoms with Gasteiger partial charge >= 0.3 is 0 Å². The van der Waals surface area contributed by atoms with Crippen molar-refractivity contribution in [3.63, 3.8) is 0 Å². The second-order valence-electron chi connectivity index (χ2n) is 7.05. The maximum Gasteiger partial charge on any atom is 0.255 e. The quantitative estimate of drug-likeness (QED) is 0.442. The molecule has 3 aromatic carbocycles. The summed E-state index contributed by atoms with van der Waals surface area (Å²) in [5, 5.41) is 6.03. The van der Waals surface area contributed by atoms with Crippen molar-refractivity contribution in [1.82, 2.24) is 9.97 Å². The van der Waals surface area contributed by atoms with Gasteiger partial charge in [-0.05, 0) is 55.0 Å². The molecule has 0 spiro atoms. The molecule has 0 aliphatic carbocycles. The topological polar surface area (TPSA) is 76.1 Å². The number of carbonyl (C=O) groups excluding carboxylic acids is 1. The summed E-state index contributed by atoms with van der Waals surface area (Å²) < 4.78 is 5.14. The molecule has 0 saturated carbocycles. The van der Waals surface area contributed by atoms with Crippen LogP contribution in [0, 0.1) is 6.92 Å². The lowest BCUT2D eigenvalue weighted by Crippen LogP contribution is -2.12. The molecule has 0 bridgehead atoms. The van der Waals surface area contributed by atoms with Gasteiger partial charge in [0.2, 0.25) is 5.95 Å². The van der Waals surface area contributed by atoms with Crippen LogP contribution < -0.4 is 15.4 Å². The first kappa shape index (κ1) is 20.1. The highest BCUT2D eigenvalue weighted by Crippen LogP contribution is 2.21. The fraction of sp³-hybridized carbons (Fsp3) is 0.0800. The lowest BCUT2D eigenvalue weighted by molar-refractivity contribution is 0.102. The van der Waals surface area contributed by atoms with Gasteiger partial charge in [-0.15, -0.1) is 0 Å². The van der Waals surface area contributed by atoms with Gasteiger partial charge in [-0.2, -0.15) is 0 Å². The van der Waals surface area contributed by atoms with E-state index in [0.29, 0.717) is 17.2 Å². The fourth-order valence-electron chi connectivity index (χ4n) is 3.11. The van der Waals surface area contributed by atoms with Crippen LogP contribution in [0.5, 0.6) is 5.75 Å². The average Bonchev–Trinajstić information content (AvgIpc) is 2.80. The summed E-state index contributed by atoms with van der Waals surface area (Å²) in [4.78, 5) is 21.4. The second kappa shape index (κ2) is 9.09. The molecule has 0 atom stereocenters. The number of aryl methyl sites for hydroxylation is 1. The van der Waals surface area contributed by atoms with Crippen LogP contribution >= 0.6 is 0 Å². The molecule has 6 nitrogen and oxygen atoms in total. The van der Waals surface area contributed by atoms with E-state index in [0.717, 1.165) is 22.6 Å². The highest BCUT2D eigenvalue weighted by Gasteiger charge is 2.08. The van der Waals surface area contributed by atoms with Gasteiger partial charge in [0.15, 0.2) is 0 Å². The smallest absolute Gasteiger partial charge is 0.255 e. The number of aromatic nitrogens is 2. The summed E-state index contributed by atoms with van der Waals surface area (Å²) in [7, 11) is 1.60. The molecule has 0 aliphatic rings. The summed E-state index contributed by atoms with van der Waals surface area (Å²) in [5.41, 5.74) is 5.15. The number of benzene rings is 3. The summed E-state index contributed by atoms with van der Waals surface area (Å²) in [6.45, 7) is 2.05. The molecule has 1 aromatic heterocycles. The van der Waals surface area contributed by atoms with Crippen molar-refractivity contribution >= 4 is 23.2 Å². The third-order valence-electron chi connectivity index (χ3n) is 4.73. The Labute approximate surface area is 181 Å². The maximum atomic E-state index is 12.6. The second-order valence-corrected chi connectivity index (χ2v) is 7.05. The van der Waals surface area contributed by atoms with Crippen LogP contribution in [0.1, 0.15) is 15.9 Å². The number of amides is 1. The largest absolute Gasteiger partial charge is 0.497 e. The van der Waals surface area contributed by atoms with Crippen LogP contribution in [0.3, 0.4) is 0 Å². The van der Waals surface area contributed by atoms with Gasteiger partial charge in [0.25, 0.3) is 5.91 Å². The van der Waals surface area contributed by atoms with E-state index in [9.17, 15) is 4.79 Å². The highest BCUT2D eigenvalue weighted by molar-refractivity contribution is 6.04. The van der Waals surface area contributed by atoms with E-state index in [1.54, 1.807) is 55.9 Å². The van der Waals surface area contributed by atoms with E-state index >= 15 is 0 Å². The number of hydrogen-bond acceptors (Lipinski definition) is 5. The number of rotatable bonds is 6. The molecule has 4 aromatic rings. The Morgan fingerprint density at radius 3 is 2.29 bits per heavy atom. The standard InChI is InChI=1S/C25H22N4O2/c1-17-5-3-6-18(13-17)20-15-26-25(27-16-20)29-22-8-4-7-19(14-22)24(30)28-21-9-11-23(31-2)12-10-21/h3-16H,1-2H3,(H,28,30)(H,26,27,29). The molecule has 0 fully saturated rings. The summed E-state index contributed by atoms with van der Waals surface area (Å²) in [5.74, 6) is 0.992. The van der Waals surface area contributed by atoms with Crippen LogP contribution in [0.4, 0.5) is 17.3 Å². The molecular formula is C25H22N4O2. The third-order valence-corrected chi connectivity index (χ3v) is 4.73. The van der Waals surface area contributed by atoms with E-state index in [-0.39, 0.29) is 5.91 Å². The van der Waals surface area contributed by atoms with Crippen LogP contribution in [0.2, 0.25) is 0 Å². The van der Waals surface area contributed by atoms with Gasteiger partial charge in [-0.25, -0.2) is 9.97 Å². The molecule has 6 heteroatoms. The predicted molar refractivity (Wildman–Crippen MR) is 123 cm³/mol. The zero-order valence-corrected chi connectivity index (χ0v) is 17.3.